The van der Waals surface area contributed by atoms with Gasteiger partial charge < -0.3 is 20.9 Å². The van der Waals surface area contributed by atoms with E-state index in [1.165, 1.54) is 13.2 Å². The van der Waals surface area contributed by atoms with E-state index < -0.39 is 0 Å². The molecule has 5 heteroatoms. The fourth-order valence-electron chi connectivity index (χ4n) is 1.63. The highest BCUT2D eigenvalue weighted by Gasteiger charge is 2.11. The van der Waals surface area contributed by atoms with E-state index >= 15 is 0 Å². The van der Waals surface area contributed by atoms with E-state index in [2.05, 4.69) is 5.32 Å². The predicted octanol–water partition coefficient (Wildman–Crippen LogP) is 1.26. The number of rotatable bonds is 6. The summed E-state index contributed by atoms with van der Waals surface area (Å²) in [6.07, 6.45) is 1.71. The Bertz CT molecular complexity index is 407. The molecule has 0 aromatic heterocycles. The molecule has 1 unspecified atom stereocenters. The Hall–Kier alpha value is -1.75. The fourth-order valence-corrected chi connectivity index (χ4v) is 1.63. The maximum absolute atomic E-state index is 11.9. The van der Waals surface area contributed by atoms with Gasteiger partial charge in [-0.15, -0.1) is 0 Å². The number of carbonyl (C=O) groups excluding carboxylic acids is 1. The van der Waals surface area contributed by atoms with Crippen molar-refractivity contribution in [2.75, 3.05) is 13.7 Å². The highest BCUT2D eigenvalue weighted by Crippen LogP contribution is 2.26. The topological polar surface area (TPSA) is 84.6 Å². The first-order valence-corrected chi connectivity index (χ1v) is 5.96. The van der Waals surface area contributed by atoms with Crippen LogP contribution in [0.1, 0.15) is 30.1 Å². The zero-order chi connectivity index (χ0) is 13.5. The highest BCUT2D eigenvalue weighted by molar-refractivity contribution is 5.95. The van der Waals surface area contributed by atoms with E-state index in [0.29, 0.717) is 17.9 Å². The molecule has 1 aromatic carbocycles. The van der Waals surface area contributed by atoms with Crippen LogP contribution in [0, 0.1) is 0 Å². The number of nitrogens with two attached hydrogens (primary N) is 1. The molecule has 0 aliphatic heterocycles. The number of carbonyl (C=O) groups is 1. The van der Waals surface area contributed by atoms with Crippen LogP contribution in [0.15, 0.2) is 18.2 Å². The molecule has 0 saturated carbocycles. The van der Waals surface area contributed by atoms with Gasteiger partial charge in [0.2, 0.25) is 0 Å². The van der Waals surface area contributed by atoms with Crippen molar-refractivity contribution in [3.63, 3.8) is 0 Å². The number of benzene rings is 1. The number of ether oxygens (including phenoxy) is 1. The Morgan fingerprint density at radius 2 is 2.28 bits per heavy atom. The molecule has 1 amide bonds. The first-order valence-electron chi connectivity index (χ1n) is 5.96. The molecule has 100 valence electrons. The smallest absolute Gasteiger partial charge is 0.251 e. The van der Waals surface area contributed by atoms with E-state index in [1.54, 1.807) is 12.1 Å². The number of nitrogens with one attached hydrogen (secondary N) is 1. The van der Waals surface area contributed by atoms with Gasteiger partial charge >= 0.3 is 0 Å². The molecule has 0 spiro atoms. The van der Waals surface area contributed by atoms with Crippen molar-refractivity contribution in [1.29, 1.82) is 0 Å². The van der Waals surface area contributed by atoms with Gasteiger partial charge in [0.25, 0.3) is 5.91 Å². The second kappa shape index (κ2) is 6.86. The molecule has 0 radical (unpaired) electrons. The van der Waals surface area contributed by atoms with Gasteiger partial charge in [-0.05, 0) is 44.5 Å². The Labute approximate surface area is 107 Å². The largest absolute Gasteiger partial charge is 0.504 e. The molecule has 0 fully saturated rings. The summed E-state index contributed by atoms with van der Waals surface area (Å²) in [5, 5.41) is 12.4. The lowest BCUT2D eigenvalue weighted by Crippen LogP contribution is -2.32. The number of phenolic OH excluding ortho intramolecular Hbond substituents is 1. The third-order valence-electron chi connectivity index (χ3n) is 2.66. The van der Waals surface area contributed by atoms with E-state index in [0.717, 1.165) is 12.8 Å². The van der Waals surface area contributed by atoms with Crippen LogP contribution in [-0.4, -0.2) is 30.7 Å². The molecular formula is C13H20N2O3. The summed E-state index contributed by atoms with van der Waals surface area (Å²) in [4.78, 5) is 11.9. The minimum Gasteiger partial charge on any atom is -0.504 e. The average molecular weight is 252 g/mol. The Morgan fingerprint density at radius 1 is 1.56 bits per heavy atom. The Morgan fingerprint density at radius 3 is 2.83 bits per heavy atom. The summed E-state index contributed by atoms with van der Waals surface area (Å²) in [7, 11) is 1.46. The van der Waals surface area contributed by atoms with Gasteiger partial charge in [0, 0.05) is 11.6 Å². The number of amides is 1. The zero-order valence-electron chi connectivity index (χ0n) is 10.8. The van der Waals surface area contributed by atoms with E-state index in [-0.39, 0.29) is 17.7 Å². The van der Waals surface area contributed by atoms with Crippen molar-refractivity contribution >= 4 is 5.91 Å². The van der Waals surface area contributed by atoms with Crippen molar-refractivity contribution in [2.24, 2.45) is 5.73 Å². The summed E-state index contributed by atoms with van der Waals surface area (Å²) < 4.78 is 4.92. The number of hydrogen-bond donors (Lipinski definition) is 3. The van der Waals surface area contributed by atoms with Crippen LogP contribution in [0.5, 0.6) is 11.5 Å². The Kier molecular flexibility index (Phi) is 5.45. The molecule has 0 heterocycles. The molecule has 4 N–H and O–H groups in total. The predicted molar refractivity (Wildman–Crippen MR) is 69.9 cm³/mol. The van der Waals surface area contributed by atoms with Crippen molar-refractivity contribution in [3.05, 3.63) is 23.8 Å². The minimum atomic E-state index is -0.211. The third kappa shape index (κ3) is 3.92. The summed E-state index contributed by atoms with van der Waals surface area (Å²) in [6.45, 7) is 2.54. The molecule has 18 heavy (non-hydrogen) atoms. The van der Waals surface area contributed by atoms with Crippen LogP contribution in [0.3, 0.4) is 0 Å². The standard InChI is InChI=1S/C13H20N2O3/c1-9(4-3-7-14)15-13(17)10-5-6-12(18-2)11(16)8-10/h5-6,8-9,16H,3-4,7,14H2,1-2H3,(H,15,17). The number of hydrogen-bond acceptors (Lipinski definition) is 4. The maximum atomic E-state index is 11.9. The number of methoxy groups -OCH3 is 1. The molecular weight excluding hydrogens is 232 g/mol. The molecule has 5 nitrogen and oxygen atoms in total. The van der Waals surface area contributed by atoms with E-state index in [9.17, 15) is 9.90 Å². The molecule has 1 atom stereocenters. The fraction of sp³-hybridized carbons (Fsp3) is 0.462. The minimum absolute atomic E-state index is 0.0419. The van der Waals surface area contributed by atoms with Gasteiger partial charge in [-0.25, -0.2) is 0 Å². The van der Waals surface area contributed by atoms with Crippen molar-refractivity contribution in [2.45, 2.75) is 25.8 Å². The van der Waals surface area contributed by atoms with Crippen LogP contribution < -0.4 is 15.8 Å². The second-order valence-corrected chi connectivity index (χ2v) is 4.19. The number of aromatic hydroxyl groups is 1. The molecule has 1 rings (SSSR count). The maximum Gasteiger partial charge on any atom is 0.251 e. The van der Waals surface area contributed by atoms with Crippen molar-refractivity contribution in [3.8, 4) is 11.5 Å². The number of phenols is 1. The molecule has 0 aliphatic carbocycles. The van der Waals surface area contributed by atoms with Crippen LogP contribution in [-0.2, 0) is 0 Å². The summed E-state index contributed by atoms with van der Waals surface area (Å²) >= 11 is 0. The average Bonchev–Trinajstić information content (AvgIpc) is 2.36. The normalized spacial score (nSPS) is 11.9. The van der Waals surface area contributed by atoms with Gasteiger partial charge in [0.15, 0.2) is 11.5 Å². The SMILES string of the molecule is COc1ccc(C(=O)NC(C)CCCN)cc1O. The lowest BCUT2D eigenvalue weighted by atomic mass is 10.1. The van der Waals surface area contributed by atoms with E-state index in [1.807, 2.05) is 6.92 Å². The molecule has 0 aliphatic rings. The summed E-state index contributed by atoms with van der Waals surface area (Å²) in [5.41, 5.74) is 5.82. The first-order chi connectivity index (χ1) is 8.58. The van der Waals surface area contributed by atoms with Crippen LogP contribution in [0.2, 0.25) is 0 Å². The summed E-state index contributed by atoms with van der Waals surface area (Å²) in [6, 6.07) is 4.63. The van der Waals surface area contributed by atoms with E-state index in [4.69, 9.17) is 10.5 Å². The van der Waals surface area contributed by atoms with Gasteiger partial charge in [-0.1, -0.05) is 0 Å². The molecule has 0 saturated heterocycles. The quantitative estimate of drug-likeness (QED) is 0.711. The zero-order valence-corrected chi connectivity index (χ0v) is 10.8. The van der Waals surface area contributed by atoms with Crippen LogP contribution >= 0.6 is 0 Å². The van der Waals surface area contributed by atoms with Crippen LogP contribution in [0.25, 0.3) is 0 Å². The first kappa shape index (κ1) is 14.3. The van der Waals surface area contributed by atoms with Gasteiger partial charge in [-0.2, -0.15) is 0 Å². The van der Waals surface area contributed by atoms with Crippen molar-refractivity contribution in [1.82, 2.24) is 5.32 Å². The van der Waals surface area contributed by atoms with Crippen LogP contribution in [0.4, 0.5) is 0 Å². The lowest BCUT2D eigenvalue weighted by Gasteiger charge is -2.13. The van der Waals surface area contributed by atoms with Gasteiger partial charge in [0.05, 0.1) is 7.11 Å². The van der Waals surface area contributed by atoms with Gasteiger partial charge in [-0.3, -0.25) is 4.79 Å². The van der Waals surface area contributed by atoms with Gasteiger partial charge in [0.1, 0.15) is 0 Å². The van der Waals surface area contributed by atoms with Crippen molar-refractivity contribution < 1.29 is 14.6 Å². The monoisotopic (exact) mass is 252 g/mol. The second-order valence-electron chi connectivity index (χ2n) is 4.19. The third-order valence-corrected chi connectivity index (χ3v) is 2.66. The summed E-state index contributed by atoms with van der Waals surface area (Å²) in [5.74, 6) is 0.0972. The molecule has 1 aromatic rings. The highest BCUT2D eigenvalue weighted by atomic mass is 16.5. The molecule has 0 bridgehead atoms. The Balaban J connectivity index is 2.64. The lowest BCUT2D eigenvalue weighted by molar-refractivity contribution is 0.0937.